The van der Waals surface area contributed by atoms with Crippen molar-refractivity contribution in [3.8, 4) is 5.75 Å². The van der Waals surface area contributed by atoms with Crippen LogP contribution < -0.4 is 10.2 Å². The predicted molar refractivity (Wildman–Crippen MR) is 96.8 cm³/mol. The van der Waals surface area contributed by atoms with Gasteiger partial charge >= 0.3 is 0 Å². The zero-order valence-electron chi connectivity index (χ0n) is 12.1. The van der Waals surface area contributed by atoms with Crippen LogP contribution in [0.15, 0.2) is 47.6 Å². The third-order valence-electron chi connectivity index (χ3n) is 3.00. The molecule has 1 N–H and O–H groups in total. The van der Waals surface area contributed by atoms with Gasteiger partial charge in [0.15, 0.2) is 0 Å². The van der Waals surface area contributed by atoms with Crippen LogP contribution >= 0.6 is 34.2 Å². The van der Waals surface area contributed by atoms with Crippen LogP contribution in [0.5, 0.6) is 5.75 Å². The van der Waals surface area contributed by atoms with E-state index in [4.69, 9.17) is 16.3 Å². The van der Waals surface area contributed by atoms with Crippen LogP contribution in [-0.4, -0.2) is 18.7 Å². The lowest BCUT2D eigenvalue weighted by atomic mass is 10.1. The minimum Gasteiger partial charge on any atom is -0.496 e. The SMILES string of the molecule is COc1ccc(C(=O)NN=C(C)c2ccc(Cl)cc2)cc1I. The summed E-state index contributed by atoms with van der Waals surface area (Å²) in [4.78, 5) is 12.1. The summed E-state index contributed by atoms with van der Waals surface area (Å²) in [5.74, 6) is 0.465. The summed E-state index contributed by atoms with van der Waals surface area (Å²) in [6, 6.07) is 12.5. The number of hydrazone groups is 1. The molecule has 0 aliphatic rings. The molecule has 2 aromatic rings. The number of amides is 1. The number of nitrogens with one attached hydrogen (secondary N) is 1. The maximum Gasteiger partial charge on any atom is 0.271 e. The Bertz CT molecular complexity index is 715. The molecule has 0 radical (unpaired) electrons. The molecule has 22 heavy (non-hydrogen) atoms. The van der Waals surface area contributed by atoms with Gasteiger partial charge in [0.05, 0.1) is 16.4 Å². The van der Waals surface area contributed by atoms with E-state index in [1.54, 1.807) is 37.4 Å². The molecule has 0 heterocycles. The van der Waals surface area contributed by atoms with Gasteiger partial charge < -0.3 is 4.74 Å². The number of rotatable bonds is 4. The molecule has 0 spiro atoms. The van der Waals surface area contributed by atoms with Crippen molar-refractivity contribution in [2.45, 2.75) is 6.92 Å². The first-order chi connectivity index (χ1) is 10.5. The Morgan fingerprint density at radius 1 is 1.18 bits per heavy atom. The number of hydrogen-bond donors (Lipinski definition) is 1. The van der Waals surface area contributed by atoms with Crippen molar-refractivity contribution in [2.24, 2.45) is 5.10 Å². The molecule has 114 valence electrons. The zero-order chi connectivity index (χ0) is 16.1. The van der Waals surface area contributed by atoms with Crippen LogP contribution in [0.25, 0.3) is 0 Å². The van der Waals surface area contributed by atoms with Crippen LogP contribution in [0, 0.1) is 3.57 Å². The molecular weight excluding hydrogens is 415 g/mol. The standard InChI is InChI=1S/C16H14ClIN2O2/c1-10(11-3-6-13(17)7-4-11)19-20-16(21)12-5-8-15(22-2)14(18)9-12/h3-9H,1-2H3,(H,20,21). The molecule has 0 saturated heterocycles. The maximum absolute atomic E-state index is 12.1. The Labute approximate surface area is 147 Å². The Kier molecular flexibility index (Phi) is 5.79. The second-order valence-corrected chi connectivity index (χ2v) is 6.09. The molecule has 0 aromatic heterocycles. The average Bonchev–Trinajstić information content (AvgIpc) is 2.52. The summed E-state index contributed by atoms with van der Waals surface area (Å²) in [5, 5.41) is 4.77. The molecule has 4 nitrogen and oxygen atoms in total. The summed E-state index contributed by atoms with van der Waals surface area (Å²) in [6.45, 7) is 1.82. The molecule has 6 heteroatoms. The minimum absolute atomic E-state index is 0.270. The van der Waals surface area contributed by atoms with Crippen molar-refractivity contribution < 1.29 is 9.53 Å². The molecule has 0 saturated carbocycles. The number of nitrogens with zero attached hydrogens (tertiary/aromatic N) is 1. The smallest absolute Gasteiger partial charge is 0.271 e. The third-order valence-corrected chi connectivity index (χ3v) is 4.10. The lowest BCUT2D eigenvalue weighted by Crippen LogP contribution is -2.19. The number of ether oxygens (including phenoxy) is 1. The van der Waals surface area contributed by atoms with Crippen LogP contribution in [-0.2, 0) is 0 Å². The van der Waals surface area contributed by atoms with Crippen molar-refractivity contribution in [3.05, 3.63) is 62.2 Å². The number of carbonyl (C=O) groups excluding carboxylic acids is 1. The molecule has 0 aliphatic carbocycles. The van der Waals surface area contributed by atoms with Crippen molar-refractivity contribution in [2.75, 3.05) is 7.11 Å². The zero-order valence-corrected chi connectivity index (χ0v) is 15.0. The first-order valence-electron chi connectivity index (χ1n) is 6.45. The van der Waals surface area contributed by atoms with Gasteiger partial charge in [0.2, 0.25) is 0 Å². The molecule has 0 unspecified atom stereocenters. The fourth-order valence-electron chi connectivity index (χ4n) is 1.76. The Morgan fingerprint density at radius 2 is 1.82 bits per heavy atom. The normalized spacial score (nSPS) is 11.2. The highest BCUT2D eigenvalue weighted by atomic mass is 127. The highest BCUT2D eigenvalue weighted by Crippen LogP contribution is 2.21. The van der Waals surface area contributed by atoms with E-state index in [-0.39, 0.29) is 5.91 Å². The first kappa shape index (κ1) is 16.8. The number of carbonyl (C=O) groups is 1. The van der Waals surface area contributed by atoms with Crippen LogP contribution in [0.1, 0.15) is 22.8 Å². The third kappa shape index (κ3) is 4.20. The molecule has 2 aromatic carbocycles. The second-order valence-electron chi connectivity index (χ2n) is 4.49. The van der Waals surface area contributed by atoms with Gasteiger partial charge in [-0.05, 0) is 65.4 Å². The van der Waals surface area contributed by atoms with E-state index >= 15 is 0 Å². The average molecular weight is 429 g/mol. The van der Waals surface area contributed by atoms with Gasteiger partial charge in [-0.25, -0.2) is 5.43 Å². The van der Waals surface area contributed by atoms with E-state index < -0.39 is 0 Å². The van der Waals surface area contributed by atoms with Gasteiger partial charge in [0.25, 0.3) is 5.91 Å². The number of methoxy groups -OCH3 is 1. The topological polar surface area (TPSA) is 50.7 Å². The number of halogens is 2. The highest BCUT2D eigenvalue weighted by molar-refractivity contribution is 14.1. The van der Waals surface area contributed by atoms with Gasteiger partial charge in [-0.3, -0.25) is 4.79 Å². The van der Waals surface area contributed by atoms with Crippen LogP contribution in [0.2, 0.25) is 5.02 Å². The van der Waals surface area contributed by atoms with Gasteiger partial charge in [0, 0.05) is 10.6 Å². The lowest BCUT2D eigenvalue weighted by Gasteiger charge is -2.06. The summed E-state index contributed by atoms with van der Waals surface area (Å²) < 4.78 is 6.03. The summed E-state index contributed by atoms with van der Waals surface area (Å²) in [7, 11) is 1.59. The predicted octanol–water partition coefficient (Wildman–Crippen LogP) is 4.11. The van der Waals surface area contributed by atoms with E-state index in [2.05, 4.69) is 33.1 Å². The van der Waals surface area contributed by atoms with Gasteiger partial charge in [-0.2, -0.15) is 5.10 Å². The van der Waals surface area contributed by atoms with E-state index in [9.17, 15) is 4.79 Å². The van der Waals surface area contributed by atoms with E-state index in [0.29, 0.717) is 16.3 Å². The van der Waals surface area contributed by atoms with Gasteiger partial charge in [0.1, 0.15) is 5.75 Å². The second kappa shape index (κ2) is 7.60. The Morgan fingerprint density at radius 3 is 2.41 bits per heavy atom. The number of hydrogen-bond acceptors (Lipinski definition) is 3. The summed E-state index contributed by atoms with van der Waals surface area (Å²) >= 11 is 7.96. The van der Waals surface area contributed by atoms with E-state index in [0.717, 1.165) is 14.9 Å². The Balaban J connectivity index is 2.10. The molecule has 0 aliphatic heterocycles. The highest BCUT2D eigenvalue weighted by Gasteiger charge is 2.08. The summed E-state index contributed by atoms with van der Waals surface area (Å²) in [5.41, 5.74) is 4.67. The van der Waals surface area contributed by atoms with Gasteiger partial charge in [-0.1, -0.05) is 23.7 Å². The van der Waals surface area contributed by atoms with E-state index in [1.165, 1.54) is 0 Å². The number of benzene rings is 2. The maximum atomic E-state index is 12.1. The fraction of sp³-hybridized carbons (Fsp3) is 0.125. The molecule has 1 amide bonds. The molecule has 2 rings (SSSR count). The van der Waals surface area contributed by atoms with Crippen molar-refractivity contribution in [1.82, 2.24) is 5.43 Å². The quantitative estimate of drug-likeness (QED) is 0.453. The van der Waals surface area contributed by atoms with Crippen molar-refractivity contribution >= 4 is 45.8 Å². The molecule has 0 bridgehead atoms. The van der Waals surface area contributed by atoms with Crippen LogP contribution in [0.3, 0.4) is 0 Å². The molecular formula is C16H14ClIN2O2. The minimum atomic E-state index is -0.270. The monoisotopic (exact) mass is 428 g/mol. The van der Waals surface area contributed by atoms with Crippen molar-refractivity contribution in [1.29, 1.82) is 0 Å². The fourth-order valence-corrected chi connectivity index (χ4v) is 2.62. The van der Waals surface area contributed by atoms with Gasteiger partial charge in [-0.15, -0.1) is 0 Å². The van der Waals surface area contributed by atoms with Crippen LogP contribution in [0.4, 0.5) is 0 Å². The van der Waals surface area contributed by atoms with E-state index in [1.807, 2.05) is 19.1 Å². The largest absolute Gasteiger partial charge is 0.496 e. The molecule has 0 atom stereocenters. The lowest BCUT2D eigenvalue weighted by molar-refractivity contribution is 0.0954. The first-order valence-corrected chi connectivity index (χ1v) is 7.91. The molecule has 0 fully saturated rings. The summed E-state index contributed by atoms with van der Waals surface area (Å²) in [6.07, 6.45) is 0. The Hall–Kier alpha value is -1.60. The van der Waals surface area contributed by atoms with Crippen molar-refractivity contribution in [3.63, 3.8) is 0 Å².